The van der Waals surface area contributed by atoms with Gasteiger partial charge in [0, 0.05) is 13.0 Å². The van der Waals surface area contributed by atoms with Gasteiger partial charge in [0.2, 0.25) is 5.69 Å². The third-order valence-electron chi connectivity index (χ3n) is 5.03. The van der Waals surface area contributed by atoms with Crippen molar-refractivity contribution in [3.63, 3.8) is 0 Å². The molecule has 0 N–H and O–H groups in total. The first-order valence-corrected chi connectivity index (χ1v) is 8.08. The second kappa shape index (κ2) is 4.95. The first-order valence-electron chi connectivity index (χ1n) is 8.58. The zero-order valence-electron chi connectivity index (χ0n) is 14.5. The molecule has 1 aliphatic rings. The van der Waals surface area contributed by atoms with Gasteiger partial charge in [-0.05, 0) is 60.4 Å². The lowest BCUT2D eigenvalue weighted by atomic mass is 9.95. The molecule has 1 heterocycles. The third-order valence-corrected chi connectivity index (χ3v) is 5.03. The Hall–Kier alpha value is -2.15. The van der Waals surface area contributed by atoms with Gasteiger partial charge in [-0.2, -0.15) is 4.57 Å². The normalized spacial score (nSPS) is 14.2. The Labute approximate surface area is 133 Å². The predicted octanol–water partition coefficient (Wildman–Crippen LogP) is 4.44. The molecule has 1 nitrogen and oxygen atoms in total. The van der Waals surface area contributed by atoms with E-state index in [1.165, 1.54) is 52.6 Å². The Morgan fingerprint density at radius 2 is 1.77 bits per heavy atom. The van der Waals surface area contributed by atoms with Crippen LogP contribution in [0.2, 0.25) is 0 Å². The average molecular weight is 289 g/mol. The van der Waals surface area contributed by atoms with Crippen LogP contribution in [0.15, 0.2) is 42.4 Å². The van der Waals surface area contributed by atoms with Gasteiger partial charge >= 0.3 is 0 Å². The van der Waals surface area contributed by atoms with Gasteiger partial charge in [0.1, 0.15) is 7.05 Å². The number of pyridine rings is 1. The molecule has 0 aliphatic heterocycles. The second-order valence-corrected chi connectivity index (χ2v) is 6.45. The highest BCUT2D eigenvalue weighted by molar-refractivity contribution is 5.94. The molecule has 0 spiro atoms. The van der Waals surface area contributed by atoms with Crippen LogP contribution in [0, 0.1) is 13.8 Å². The molecule has 1 heteroatoms. The van der Waals surface area contributed by atoms with Crippen LogP contribution in [-0.2, 0) is 19.9 Å². The monoisotopic (exact) mass is 289 g/mol. The molecular formula is C21H22N+. The summed E-state index contributed by atoms with van der Waals surface area (Å²) in [6.45, 7) is 4.26. The van der Waals surface area contributed by atoms with E-state index in [0.29, 0.717) is 6.04 Å². The molecule has 110 valence electrons. The van der Waals surface area contributed by atoms with E-state index in [2.05, 4.69) is 48.9 Å². The minimum atomic E-state index is 0.630. The number of hydrogen-bond donors (Lipinski definition) is 0. The van der Waals surface area contributed by atoms with Crippen molar-refractivity contribution < 1.29 is 5.94 Å². The standard InChI is InChI=1S/C21H22N/c1-14-11-16-8-6-9-17(16)13-20(14)21-19-10-5-4-7-18(19)12-15(2)22(21)3/h4-5,7,10-13H,6,8-9H2,1-3H3/q+1/i12D. The van der Waals surface area contributed by atoms with Gasteiger partial charge in [0.05, 0.1) is 12.3 Å². The fourth-order valence-electron chi connectivity index (χ4n) is 3.75. The summed E-state index contributed by atoms with van der Waals surface area (Å²) in [5, 5.41) is 2.21. The summed E-state index contributed by atoms with van der Waals surface area (Å²) in [6.07, 6.45) is 3.68. The maximum absolute atomic E-state index is 8.44. The molecule has 0 radical (unpaired) electrons. The van der Waals surface area contributed by atoms with Crippen molar-refractivity contribution in [2.75, 3.05) is 0 Å². The smallest absolute Gasteiger partial charge is 0.198 e. The third kappa shape index (κ3) is 1.96. The molecule has 0 saturated carbocycles. The quantitative estimate of drug-likeness (QED) is 0.583. The summed E-state index contributed by atoms with van der Waals surface area (Å²) >= 11 is 0. The number of rotatable bonds is 1. The van der Waals surface area contributed by atoms with Gasteiger partial charge in [-0.3, -0.25) is 0 Å². The molecule has 0 unspecified atom stereocenters. The highest BCUT2D eigenvalue weighted by Crippen LogP contribution is 2.33. The van der Waals surface area contributed by atoms with E-state index in [4.69, 9.17) is 1.37 Å². The number of benzene rings is 2. The van der Waals surface area contributed by atoms with Crippen molar-refractivity contribution in [2.24, 2.45) is 7.05 Å². The molecule has 4 rings (SSSR count). The van der Waals surface area contributed by atoms with Crippen molar-refractivity contribution in [3.8, 4) is 11.3 Å². The Balaban J connectivity index is 2.11. The van der Waals surface area contributed by atoms with Gasteiger partial charge in [0.15, 0.2) is 5.69 Å². The molecule has 22 heavy (non-hydrogen) atoms. The molecule has 0 fully saturated rings. The van der Waals surface area contributed by atoms with Crippen LogP contribution in [0.4, 0.5) is 0 Å². The number of fused-ring (bicyclic) bond motifs is 2. The SMILES string of the molecule is [2H]c1c(C)[n+](C)c(-c2cc3c(cc2C)CCC3)c2ccccc12. The van der Waals surface area contributed by atoms with E-state index in [0.717, 1.165) is 11.1 Å². The van der Waals surface area contributed by atoms with Gasteiger partial charge in [-0.1, -0.05) is 24.3 Å². The summed E-state index contributed by atoms with van der Waals surface area (Å²) in [4.78, 5) is 0. The fraction of sp³-hybridized carbons (Fsp3) is 0.286. The second-order valence-electron chi connectivity index (χ2n) is 6.45. The predicted molar refractivity (Wildman–Crippen MR) is 92.1 cm³/mol. The highest BCUT2D eigenvalue weighted by Gasteiger charge is 2.22. The molecule has 1 aliphatic carbocycles. The lowest BCUT2D eigenvalue weighted by molar-refractivity contribution is -0.665. The van der Waals surface area contributed by atoms with Gasteiger partial charge < -0.3 is 0 Å². The van der Waals surface area contributed by atoms with Crippen LogP contribution < -0.4 is 4.57 Å². The fourth-order valence-corrected chi connectivity index (χ4v) is 3.75. The molecule has 0 amide bonds. The summed E-state index contributed by atoms with van der Waals surface area (Å²) in [7, 11) is 2.09. The summed E-state index contributed by atoms with van der Waals surface area (Å²) < 4.78 is 10.6. The first kappa shape index (κ1) is 12.4. The number of aryl methyl sites for hydroxylation is 3. The Kier molecular flexibility index (Phi) is 2.79. The van der Waals surface area contributed by atoms with Crippen molar-refractivity contribution >= 4 is 10.8 Å². The maximum atomic E-state index is 8.44. The van der Waals surface area contributed by atoms with Gasteiger partial charge in [-0.15, -0.1) is 0 Å². The van der Waals surface area contributed by atoms with Crippen molar-refractivity contribution in [2.45, 2.75) is 33.1 Å². The molecule has 0 atom stereocenters. The topological polar surface area (TPSA) is 3.88 Å². The van der Waals surface area contributed by atoms with Gasteiger partial charge in [0.25, 0.3) is 0 Å². The molecular weight excluding hydrogens is 266 g/mol. The summed E-state index contributed by atoms with van der Waals surface area (Å²) in [5.41, 5.74) is 7.92. The van der Waals surface area contributed by atoms with E-state index in [9.17, 15) is 0 Å². The highest BCUT2D eigenvalue weighted by atomic mass is 14.9. The molecule has 2 aromatic carbocycles. The molecule has 0 bridgehead atoms. The summed E-state index contributed by atoms with van der Waals surface area (Å²) in [5.74, 6) is 0. The summed E-state index contributed by atoms with van der Waals surface area (Å²) in [6, 6.07) is 13.7. The number of hydrogen-bond acceptors (Lipinski definition) is 0. The zero-order chi connectivity index (χ0) is 16.1. The van der Waals surface area contributed by atoms with E-state index in [1.54, 1.807) is 0 Å². The van der Waals surface area contributed by atoms with E-state index in [1.807, 2.05) is 13.0 Å². The molecule has 0 saturated heterocycles. The van der Waals surface area contributed by atoms with Crippen LogP contribution >= 0.6 is 0 Å². The minimum absolute atomic E-state index is 0.630. The van der Waals surface area contributed by atoms with Crippen molar-refractivity contribution in [1.82, 2.24) is 0 Å². The number of aromatic nitrogens is 1. The molecule has 3 aromatic rings. The van der Waals surface area contributed by atoms with E-state index in [-0.39, 0.29) is 0 Å². The molecule has 1 aromatic heterocycles. The van der Waals surface area contributed by atoms with Crippen molar-refractivity contribution in [3.05, 3.63) is 64.8 Å². The van der Waals surface area contributed by atoms with Crippen LogP contribution in [0.25, 0.3) is 22.0 Å². The maximum Gasteiger partial charge on any atom is 0.220 e. The Morgan fingerprint density at radius 1 is 1.05 bits per heavy atom. The minimum Gasteiger partial charge on any atom is -0.198 e. The van der Waals surface area contributed by atoms with Crippen molar-refractivity contribution in [1.29, 1.82) is 0 Å². The Bertz CT molecular complexity index is 940. The average Bonchev–Trinajstić information content (AvgIpc) is 3.00. The lowest BCUT2D eigenvalue weighted by Crippen LogP contribution is -2.35. The lowest BCUT2D eigenvalue weighted by Gasteiger charge is -2.12. The van der Waals surface area contributed by atoms with Gasteiger partial charge in [-0.25, -0.2) is 0 Å². The van der Waals surface area contributed by atoms with E-state index < -0.39 is 0 Å². The number of nitrogens with zero attached hydrogens (tertiary/aromatic N) is 1. The van der Waals surface area contributed by atoms with E-state index >= 15 is 0 Å². The van der Waals surface area contributed by atoms with Crippen LogP contribution in [0.5, 0.6) is 0 Å². The van der Waals surface area contributed by atoms with Crippen LogP contribution in [0.1, 0.15) is 30.2 Å². The van der Waals surface area contributed by atoms with Crippen LogP contribution in [0.3, 0.4) is 0 Å². The largest absolute Gasteiger partial charge is 0.220 e. The van der Waals surface area contributed by atoms with Crippen LogP contribution in [-0.4, -0.2) is 0 Å². The zero-order valence-corrected chi connectivity index (χ0v) is 13.5. The Morgan fingerprint density at radius 3 is 2.59 bits per heavy atom. The first-order chi connectivity index (χ1) is 11.1.